The first-order valence-electron chi connectivity index (χ1n) is 7.71. The molecule has 1 fully saturated rings. The van der Waals surface area contributed by atoms with Crippen molar-refractivity contribution in [2.75, 3.05) is 20.3 Å². The summed E-state index contributed by atoms with van der Waals surface area (Å²) in [5, 5.41) is 48.9. The van der Waals surface area contributed by atoms with Crippen LogP contribution in [0.3, 0.4) is 0 Å². The second kappa shape index (κ2) is 7.98. The van der Waals surface area contributed by atoms with Crippen molar-refractivity contribution < 1.29 is 44.5 Å². The van der Waals surface area contributed by atoms with E-state index in [4.69, 9.17) is 19.3 Å². The predicted octanol–water partition coefficient (Wildman–Crippen LogP) is -2.53. The summed E-state index contributed by atoms with van der Waals surface area (Å²) in [5.41, 5.74) is -1.41. The summed E-state index contributed by atoms with van der Waals surface area (Å²) in [6.07, 6.45) is -4.79. The van der Waals surface area contributed by atoms with Crippen molar-refractivity contribution in [2.45, 2.75) is 55.3 Å². The van der Waals surface area contributed by atoms with Crippen LogP contribution in [-0.4, -0.2) is 94.1 Å². The highest BCUT2D eigenvalue weighted by atomic mass is 16.7. The first-order chi connectivity index (χ1) is 11.3. The third-order valence-electron chi connectivity index (χ3n) is 4.42. The summed E-state index contributed by atoms with van der Waals surface area (Å²) in [5.74, 6) is -0.152. The van der Waals surface area contributed by atoms with E-state index in [1.54, 1.807) is 0 Å². The maximum atomic E-state index is 11.4. The minimum absolute atomic E-state index is 0.0452. The smallest absolute Gasteiger partial charge is 0.186 e. The topological polar surface area (TPSA) is 146 Å². The van der Waals surface area contributed by atoms with Gasteiger partial charge in [-0.15, -0.1) is 0 Å². The quantitative estimate of drug-likeness (QED) is 0.350. The minimum atomic E-state index is -1.53. The number of hydrogen-bond acceptors (Lipinski definition) is 9. The molecule has 5 N–H and O–H groups in total. The van der Waals surface area contributed by atoms with Crippen molar-refractivity contribution in [1.82, 2.24) is 0 Å². The summed E-state index contributed by atoms with van der Waals surface area (Å²) in [7, 11) is 1.39. The van der Waals surface area contributed by atoms with Gasteiger partial charge in [-0.1, -0.05) is 0 Å². The lowest BCUT2D eigenvalue weighted by molar-refractivity contribution is -0.302. The Morgan fingerprint density at radius 2 is 2.00 bits per heavy atom. The number of carbonyl (C=O) groups excluding carboxylic acids is 1. The second-order valence-electron chi connectivity index (χ2n) is 6.04. The number of methoxy groups -OCH3 is 1. The number of carbonyl (C=O) groups is 1. The second-order valence-corrected chi connectivity index (χ2v) is 6.04. The van der Waals surface area contributed by atoms with Crippen molar-refractivity contribution in [3.63, 3.8) is 0 Å². The molecule has 0 amide bonds. The van der Waals surface area contributed by atoms with Crippen molar-refractivity contribution in [3.8, 4) is 0 Å². The normalized spacial score (nSPS) is 43.2. The molecule has 9 heteroatoms. The van der Waals surface area contributed by atoms with Gasteiger partial charge in [-0.05, 0) is 12.2 Å². The molecule has 1 saturated heterocycles. The average Bonchev–Trinajstić information content (AvgIpc) is 2.57. The molecule has 1 aliphatic carbocycles. The van der Waals surface area contributed by atoms with Crippen LogP contribution >= 0.6 is 0 Å². The molecule has 0 aromatic carbocycles. The van der Waals surface area contributed by atoms with E-state index in [-0.39, 0.29) is 25.2 Å². The standard InChI is InChI=1S/C15H24O9/c1-22-10-6-8(17)2-3-15(10,21)4-5-23-14-13(20)12(19)11(18)9(7-16)24-14/h2-3,9-14,16,18-21H,4-7H2,1H3/t9-,10-,11-,12+,13-,14-,15+/m1/s1. The lowest BCUT2D eigenvalue weighted by Crippen LogP contribution is -2.59. The molecular formula is C15H24O9. The number of allylic oxidation sites excluding steroid dienone is 1. The largest absolute Gasteiger partial charge is 0.394 e. The van der Waals surface area contributed by atoms with Crippen LogP contribution < -0.4 is 0 Å². The number of ether oxygens (including phenoxy) is 3. The maximum Gasteiger partial charge on any atom is 0.186 e. The fourth-order valence-corrected chi connectivity index (χ4v) is 2.85. The third kappa shape index (κ3) is 4.01. The zero-order chi connectivity index (χ0) is 17.9. The van der Waals surface area contributed by atoms with Gasteiger partial charge in [0.15, 0.2) is 12.1 Å². The average molecular weight is 348 g/mol. The molecule has 0 spiro atoms. The lowest BCUT2D eigenvalue weighted by Gasteiger charge is -2.40. The Hall–Kier alpha value is -0.910. The molecule has 0 radical (unpaired) electrons. The fourth-order valence-electron chi connectivity index (χ4n) is 2.85. The Morgan fingerprint density at radius 3 is 2.62 bits per heavy atom. The predicted molar refractivity (Wildman–Crippen MR) is 78.8 cm³/mol. The number of rotatable bonds is 6. The van der Waals surface area contributed by atoms with E-state index in [2.05, 4.69) is 0 Å². The molecule has 1 heterocycles. The molecule has 0 saturated carbocycles. The molecule has 0 bridgehead atoms. The van der Waals surface area contributed by atoms with E-state index in [0.29, 0.717) is 0 Å². The van der Waals surface area contributed by atoms with E-state index in [1.807, 2.05) is 0 Å². The highest BCUT2D eigenvalue weighted by Gasteiger charge is 2.44. The van der Waals surface area contributed by atoms with Crippen molar-refractivity contribution in [3.05, 3.63) is 12.2 Å². The van der Waals surface area contributed by atoms with E-state index in [1.165, 1.54) is 19.3 Å². The highest BCUT2D eigenvalue weighted by Crippen LogP contribution is 2.28. The van der Waals surface area contributed by atoms with Crippen LogP contribution in [0.25, 0.3) is 0 Å². The fraction of sp³-hybridized carbons (Fsp3) is 0.800. The molecular weight excluding hydrogens is 324 g/mol. The number of aliphatic hydroxyl groups excluding tert-OH is 4. The Balaban J connectivity index is 1.93. The summed E-state index contributed by atoms with van der Waals surface area (Å²) >= 11 is 0. The monoisotopic (exact) mass is 348 g/mol. The summed E-state index contributed by atoms with van der Waals surface area (Å²) in [6, 6.07) is 0. The van der Waals surface area contributed by atoms with E-state index >= 15 is 0 Å². The van der Waals surface area contributed by atoms with Crippen LogP contribution in [0.15, 0.2) is 12.2 Å². The SMILES string of the molecule is CO[C@@H]1CC(=O)C=C[C@]1(O)CCO[C@@H]1O[C@H](CO)[C@@H](O)[C@H](O)[C@H]1O. The lowest BCUT2D eigenvalue weighted by atomic mass is 9.85. The van der Waals surface area contributed by atoms with Crippen LogP contribution in [0.2, 0.25) is 0 Å². The van der Waals surface area contributed by atoms with Crippen LogP contribution in [-0.2, 0) is 19.0 Å². The van der Waals surface area contributed by atoms with Crippen molar-refractivity contribution >= 4 is 5.78 Å². The van der Waals surface area contributed by atoms with Crippen LogP contribution in [0.4, 0.5) is 0 Å². The Morgan fingerprint density at radius 1 is 1.29 bits per heavy atom. The van der Waals surface area contributed by atoms with Gasteiger partial charge in [-0.3, -0.25) is 4.79 Å². The Kier molecular flexibility index (Phi) is 6.46. The van der Waals surface area contributed by atoms with Crippen LogP contribution in [0.5, 0.6) is 0 Å². The van der Waals surface area contributed by atoms with Gasteiger partial charge in [-0.25, -0.2) is 0 Å². The van der Waals surface area contributed by atoms with Gasteiger partial charge in [0, 0.05) is 20.0 Å². The minimum Gasteiger partial charge on any atom is -0.394 e. The number of hydrogen-bond donors (Lipinski definition) is 5. The van der Waals surface area contributed by atoms with Gasteiger partial charge in [-0.2, -0.15) is 0 Å². The summed E-state index contributed by atoms with van der Waals surface area (Å²) in [6.45, 7) is -0.622. The Bertz CT molecular complexity index is 466. The molecule has 24 heavy (non-hydrogen) atoms. The van der Waals surface area contributed by atoms with E-state index in [9.17, 15) is 25.2 Å². The maximum absolute atomic E-state index is 11.4. The number of ketones is 1. The molecule has 7 atom stereocenters. The van der Waals surface area contributed by atoms with Gasteiger partial charge >= 0.3 is 0 Å². The summed E-state index contributed by atoms with van der Waals surface area (Å²) in [4.78, 5) is 11.4. The molecule has 138 valence electrons. The molecule has 9 nitrogen and oxygen atoms in total. The molecule has 2 aliphatic rings. The molecule has 0 unspecified atom stereocenters. The van der Waals surface area contributed by atoms with Gasteiger partial charge in [0.25, 0.3) is 0 Å². The van der Waals surface area contributed by atoms with Crippen LogP contribution in [0.1, 0.15) is 12.8 Å². The van der Waals surface area contributed by atoms with E-state index < -0.39 is 49.0 Å². The molecule has 0 aromatic rings. The zero-order valence-electron chi connectivity index (χ0n) is 13.3. The van der Waals surface area contributed by atoms with Crippen molar-refractivity contribution in [2.24, 2.45) is 0 Å². The molecule has 1 aliphatic heterocycles. The van der Waals surface area contributed by atoms with E-state index in [0.717, 1.165) is 0 Å². The Labute approximate surface area is 139 Å². The number of aliphatic hydroxyl groups is 5. The van der Waals surface area contributed by atoms with Gasteiger partial charge in [0.1, 0.15) is 30.0 Å². The molecule has 2 rings (SSSR count). The first kappa shape index (κ1) is 19.4. The first-order valence-corrected chi connectivity index (χ1v) is 7.71. The highest BCUT2D eigenvalue weighted by molar-refractivity contribution is 5.91. The van der Waals surface area contributed by atoms with Crippen molar-refractivity contribution in [1.29, 1.82) is 0 Å². The van der Waals surface area contributed by atoms with Gasteiger partial charge in [0.2, 0.25) is 0 Å². The van der Waals surface area contributed by atoms with Gasteiger partial charge < -0.3 is 39.7 Å². The third-order valence-corrected chi connectivity index (χ3v) is 4.42. The molecule has 0 aromatic heterocycles. The van der Waals surface area contributed by atoms with Gasteiger partial charge in [0.05, 0.1) is 19.3 Å². The zero-order valence-corrected chi connectivity index (χ0v) is 13.3. The summed E-state index contributed by atoms with van der Waals surface area (Å²) < 4.78 is 15.7. The van der Waals surface area contributed by atoms with Crippen LogP contribution in [0, 0.1) is 0 Å².